The summed E-state index contributed by atoms with van der Waals surface area (Å²) in [6, 6.07) is 0.538. The zero-order valence-electron chi connectivity index (χ0n) is 14.9. The smallest absolute Gasteiger partial charge is 0.165 e. The number of nitrogens with one attached hydrogen (secondary N) is 1. The fourth-order valence-corrected chi connectivity index (χ4v) is 3.41. The average Bonchev–Trinajstić information content (AvgIpc) is 2.86. The maximum atomic E-state index is 14.2. The molecule has 0 fully saturated rings. The lowest BCUT2D eigenvalue weighted by Crippen LogP contribution is -2.40. The van der Waals surface area contributed by atoms with E-state index in [1.807, 2.05) is 20.8 Å². The summed E-state index contributed by atoms with van der Waals surface area (Å²) in [4.78, 5) is 2.70. The normalized spacial score (nSPS) is 21.9. The molecule has 0 aromatic heterocycles. The molecule has 0 amide bonds. The fourth-order valence-electron chi connectivity index (χ4n) is 2.61. The van der Waals surface area contributed by atoms with Crippen molar-refractivity contribution in [3.63, 3.8) is 0 Å². The fraction of sp³-hybridized carbons (Fsp3) is 0.625. The monoisotopic (exact) mass is 372 g/mol. The number of halogens is 2. The minimum absolute atomic E-state index is 0.00555. The van der Waals surface area contributed by atoms with Crippen molar-refractivity contribution in [1.82, 2.24) is 4.72 Å². The Morgan fingerprint density at radius 3 is 2.72 bits per heavy atom. The van der Waals surface area contributed by atoms with Crippen LogP contribution in [0, 0.1) is 11.6 Å². The highest BCUT2D eigenvalue weighted by atomic mass is 32.2. The maximum Gasteiger partial charge on any atom is 0.165 e. The van der Waals surface area contributed by atoms with Gasteiger partial charge in [0, 0.05) is 33.8 Å². The third-order valence-corrected chi connectivity index (χ3v) is 5.65. The van der Waals surface area contributed by atoms with Crippen LogP contribution >= 0.6 is 0 Å². The molecular weight excluding hydrogens is 350 g/mol. The van der Waals surface area contributed by atoms with E-state index in [1.54, 1.807) is 13.8 Å². The molecule has 25 heavy (non-hydrogen) atoms. The lowest BCUT2D eigenvalue weighted by molar-refractivity contribution is 0.124. The Hall–Kier alpha value is -1.54. The van der Waals surface area contributed by atoms with Crippen molar-refractivity contribution in [1.29, 1.82) is 0 Å². The van der Waals surface area contributed by atoms with Gasteiger partial charge in [-0.05, 0) is 46.2 Å². The summed E-state index contributed by atoms with van der Waals surface area (Å²) >= 11 is -1.39. The van der Waals surface area contributed by atoms with Gasteiger partial charge in [0.1, 0.15) is 16.1 Å². The summed E-state index contributed by atoms with van der Waals surface area (Å²) in [5, 5.41) is 3.49. The van der Waals surface area contributed by atoms with E-state index in [1.165, 1.54) is 0 Å². The summed E-state index contributed by atoms with van der Waals surface area (Å²) in [5.74, 6) is -1.73. The molecule has 1 aliphatic heterocycles. The van der Waals surface area contributed by atoms with Crippen LogP contribution in [0.2, 0.25) is 0 Å². The number of rotatable bonds is 5. The molecule has 0 aliphatic carbocycles. The van der Waals surface area contributed by atoms with Crippen molar-refractivity contribution in [2.75, 3.05) is 6.54 Å². The van der Waals surface area contributed by atoms with Crippen molar-refractivity contribution < 1.29 is 18.1 Å². The molecule has 3 atom stereocenters. The first kappa shape index (κ1) is 19.8. The molecule has 6 nitrogen and oxygen atoms in total. The molecule has 1 N–H and O–H groups in total. The van der Waals surface area contributed by atoms with Crippen molar-refractivity contribution in [3.05, 3.63) is 39.3 Å². The van der Waals surface area contributed by atoms with Gasteiger partial charge in [-0.3, -0.25) is 0 Å². The highest BCUT2D eigenvalue weighted by Gasteiger charge is 2.40. The molecule has 1 aromatic rings. The van der Waals surface area contributed by atoms with E-state index in [2.05, 4.69) is 14.7 Å². The molecule has 0 bridgehead atoms. The minimum atomic E-state index is -1.39. The molecule has 0 unspecified atom stereocenters. The number of hydrogen-bond acceptors (Lipinski definition) is 4. The second kappa shape index (κ2) is 6.99. The van der Waals surface area contributed by atoms with Gasteiger partial charge in [0.15, 0.2) is 11.6 Å². The first-order valence-electron chi connectivity index (χ1n) is 7.87. The zero-order valence-corrected chi connectivity index (χ0v) is 15.7. The van der Waals surface area contributed by atoms with Crippen molar-refractivity contribution >= 4 is 11.4 Å². The molecule has 9 heteroatoms. The molecule has 1 heterocycles. The predicted molar refractivity (Wildman–Crippen MR) is 92.6 cm³/mol. The summed E-state index contributed by atoms with van der Waals surface area (Å²) < 4.78 is 48.8. The van der Waals surface area contributed by atoms with Crippen LogP contribution in [0.1, 0.15) is 51.8 Å². The SMILES string of the molecule is C[C@@H](N[S@+]([O-])C(C)(C)C)c1cc(F)c(F)c2c1O[C@@](C)(CN=[N+]=[N-])C2. The van der Waals surface area contributed by atoms with Gasteiger partial charge >= 0.3 is 0 Å². The van der Waals surface area contributed by atoms with E-state index in [4.69, 9.17) is 10.3 Å². The van der Waals surface area contributed by atoms with E-state index < -0.39 is 39.4 Å². The number of hydrogen-bond donors (Lipinski definition) is 1. The van der Waals surface area contributed by atoms with Gasteiger partial charge < -0.3 is 9.29 Å². The second-order valence-corrected chi connectivity index (χ2v) is 9.41. The van der Waals surface area contributed by atoms with Gasteiger partial charge in [-0.25, -0.2) is 8.78 Å². The highest BCUT2D eigenvalue weighted by molar-refractivity contribution is 7.90. The van der Waals surface area contributed by atoms with Gasteiger partial charge in [-0.1, -0.05) is 5.11 Å². The standard InChI is InChI=1S/C16H22F2N4O2S/c1-9(21-25(23)15(2,3)4)10-6-12(17)13(18)11-7-16(5,8-20-22-19)24-14(10)11/h6,9,21H,7-8H2,1-5H3/t9-,16-,25-/m1/s1. The first-order valence-corrected chi connectivity index (χ1v) is 9.02. The van der Waals surface area contributed by atoms with Crippen LogP contribution in [0.3, 0.4) is 0 Å². The van der Waals surface area contributed by atoms with Gasteiger partial charge in [0.2, 0.25) is 0 Å². The molecule has 2 rings (SSSR count). The molecule has 1 aliphatic rings. The van der Waals surface area contributed by atoms with Crippen molar-refractivity contribution in [2.45, 2.75) is 57.4 Å². The van der Waals surface area contributed by atoms with Crippen LogP contribution in [0.25, 0.3) is 10.4 Å². The third-order valence-electron chi connectivity index (χ3n) is 3.97. The predicted octanol–water partition coefficient (Wildman–Crippen LogP) is 4.08. The summed E-state index contributed by atoms with van der Waals surface area (Å²) in [6.07, 6.45) is 0.0903. The Balaban J connectivity index is 2.38. The Morgan fingerprint density at radius 2 is 2.16 bits per heavy atom. The van der Waals surface area contributed by atoms with Crippen LogP contribution in [-0.2, 0) is 17.8 Å². The van der Waals surface area contributed by atoms with Crippen molar-refractivity contribution in [3.8, 4) is 5.75 Å². The number of azide groups is 1. The number of fused-ring (bicyclic) bond motifs is 1. The highest BCUT2D eigenvalue weighted by Crippen LogP contribution is 2.43. The molecule has 0 spiro atoms. The number of ether oxygens (including phenoxy) is 1. The average molecular weight is 372 g/mol. The Kier molecular flexibility index (Phi) is 5.53. The van der Waals surface area contributed by atoms with E-state index in [-0.39, 0.29) is 24.3 Å². The van der Waals surface area contributed by atoms with E-state index in [0.29, 0.717) is 5.56 Å². The van der Waals surface area contributed by atoms with E-state index in [0.717, 1.165) is 6.07 Å². The van der Waals surface area contributed by atoms with Crippen molar-refractivity contribution in [2.24, 2.45) is 5.11 Å². The number of benzene rings is 1. The zero-order chi connectivity index (χ0) is 19.0. The molecule has 0 saturated heterocycles. The summed E-state index contributed by atoms with van der Waals surface area (Å²) in [5.41, 5.74) is 8.05. The minimum Gasteiger partial charge on any atom is -0.598 e. The molecule has 138 valence electrons. The van der Waals surface area contributed by atoms with Crippen LogP contribution in [-0.4, -0.2) is 21.4 Å². The molecule has 0 radical (unpaired) electrons. The third kappa shape index (κ3) is 4.17. The largest absolute Gasteiger partial charge is 0.598 e. The van der Waals surface area contributed by atoms with Crippen LogP contribution < -0.4 is 9.46 Å². The topological polar surface area (TPSA) is 93.1 Å². The van der Waals surface area contributed by atoms with Gasteiger partial charge in [-0.2, -0.15) is 0 Å². The molecule has 1 aromatic carbocycles. The van der Waals surface area contributed by atoms with E-state index >= 15 is 0 Å². The Bertz CT molecular complexity index is 719. The van der Waals surface area contributed by atoms with Crippen LogP contribution in [0.15, 0.2) is 11.2 Å². The molecular formula is C16H22F2N4O2S. The lowest BCUT2D eigenvalue weighted by atomic mass is 9.96. The van der Waals surface area contributed by atoms with Crippen LogP contribution in [0.4, 0.5) is 8.78 Å². The Labute approximate surface area is 148 Å². The maximum absolute atomic E-state index is 14.2. The lowest BCUT2D eigenvalue weighted by Gasteiger charge is -2.27. The van der Waals surface area contributed by atoms with Gasteiger partial charge in [0.05, 0.1) is 12.6 Å². The quantitative estimate of drug-likeness (QED) is 0.365. The van der Waals surface area contributed by atoms with Gasteiger partial charge in [0.25, 0.3) is 0 Å². The Morgan fingerprint density at radius 1 is 1.52 bits per heavy atom. The number of nitrogens with zero attached hydrogens (tertiary/aromatic N) is 3. The molecule has 0 saturated carbocycles. The summed E-state index contributed by atoms with van der Waals surface area (Å²) in [7, 11) is 0. The van der Waals surface area contributed by atoms with Crippen LogP contribution in [0.5, 0.6) is 5.75 Å². The first-order chi connectivity index (χ1) is 11.5. The van der Waals surface area contributed by atoms with E-state index in [9.17, 15) is 13.3 Å². The summed E-state index contributed by atoms with van der Waals surface area (Å²) in [6.45, 7) is 8.82. The van der Waals surface area contributed by atoms with Gasteiger partial charge in [-0.15, -0.1) is 4.72 Å². The second-order valence-electron chi connectivity index (χ2n) is 7.41.